The lowest BCUT2D eigenvalue weighted by molar-refractivity contribution is -0.274. The molecule has 2 aromatic rings. The van der Waals surface area contributed by atoms with E-state index in [4.69, 9.17) is 5.11 Å². The maximum absolute atomic E-state index is 12.7. The monoisotopic (exact) mass is 530 g/mol. The minimum atomic E-state index is -4.79. The first kappa shape index (κ1) is 26.5. The summed E-state index contributed by atoms with van der Waals surface area (Å²) in [5, 5.41) is 28.9. The molecule has 1 unspecified atom stereocenters. The second kappa shape index (κ2) is 10.9. The van der Waals surface area contributed by atoms with E-state index in [9.17, 15) is 18.4 Å². The quantitative estimate of drug-likeness (QED) is 0.315. The van der Waals surface area contributed by atoms with Crippen LogP contribution in [0.4, 0.5) is 24.9 Å². The lowest BCUT2D eigenvalue weighted by Crippen LogP contribution is -2.59. The zero-order valence-electron chi connectivity index (χ0n) is 21.1. The molecule has 0 saturated heterocycles. The molecule has 4 aliphatic rings. The van der Waals surface area contributed by atoms with Crippen molar-refractivity contribution in [2.24, 2.45) is 23.2 Å². The van der Waals surface area contributed by atoms with Crippen molar-refractivity contribution in [2.75, 3.05) is 30.3 Å². The fourth-order valence-corrected chi connectivity index (χ4v) is 7.09. The summed E-state index contributed by atoms with van der Waals surface area (Å²) in [5.74, 6) is 2.33. The molecule has 0 spiro atoms. The largest absolute Gasteiger partial charge is 0.573 e. The molecule has 4 bridgehead atoms. The number of hydrogen-bond acceptors (Lipinski definition) is 8. The normalized spacial score (nSPS) is 27.7. The van der Waals surface area contributed by atoms with Crippen LogP contribution in [0.1, 0.15) is 49.7 Å². The van der Waals surface area contributed by atoms with E-state index in [0.29, 0.717) is 41.4 Å². The Kier molecular flexibility index (Phi) is 7.63. The predicted octanol–water partition coefficient (Wildman–Crippen LogP) is 4.44. The average molecular weight is 531 g/mol. The molecule has 11 heteroatoms. The molecule has 4 fully saturated rings. The molecule has 4 saturated carbocycles. The molecule has 6 rings (SSSR count). The van der Waals surface area contributed by atoms with E-state index in [1.54, 1.807) is 6.07 Å². The molecular weight excluding hydrogens is 497 g/mol. The Bertz CT molecular complexity index is 1150. The smallest absolute Gasteiger partial charge is 0.405 e. The summed E-state index contributed by atoms with van der Waals surface area (Å²) in [4.78, 5) is 8.67. The van der Waals surface area contributed by atoms with Gasteiger partial charge in [0, 0.05) is 31.3 Å². The van der Waals surface area contributed by atoms with Gasteiger partial charge in [-0.2, -0.15) is 10.2 Å². The summed E-state index contributed by atoms with van der Waals surface area (Å²) in [7, 11) is 0. The van der Waals surface area contributed by atoms with Crippen LogP contribution in [-0.4, -0.2) is 47.2 Å². The number of alkyl halides is 3. The summed E-state index contributed by atoms with van der Waals surface area (Å²) in [6, 6.07) is 8.55. The van der Waals surface area contributed by atoms with E-state index in [0.717, 1.165) is 31.7 Å². The van der Waals surface area contributed by atoms with Crippen LogP contribution in [-0.2, 0) is 6.54 Å². The minimum Gasteiger partial charge on any atom is -0.405 e. The van der Waals surface area contributed by atoms with Crippen LogP contribution in [0.15, 0.2) is 30.5 Å². The third-order valence-electron chi connectivity index (χ3n) is 8.29. The Balaban J connectivity index is 1.24. The Labute approximate surface area is 220 Å². The number of para-hydroxylation sites is 1. The maximum Gasteiger partial charge on any atom is 0.573 e. The van der Waals surface area contributed by atoms with Gasteiger partial charge in [0.2, 0.25) is 5.95 Å². The number of nitrogens with one attached hydrogen (secondary N) is 3. The molecule has 0 aliphatic heterocycles. The number of ether oxygens (including phenoxy) is 1. The molecule has 1 heterocycles. The average Bonchev–Trinajstić information content (AvgIpc) is 2.87. The van der Waals surface area contributed by atoms with Crippen molar-refractivity contribution < 1.29 is 23.0 Å². The zero-order valence-corrected chi connectivity index (χ0v) is 21.1. The molecule has 38 heavy (non-hydrogen) atoms. The van der Waals surface area contributed by atoms with Crippen molar-refractivity contribution in [1.29, 1.82) is 5.26 Å². The van der Waals surface area contributed by atoms with Crippen molar-refractivity contribution in [1.82, 2.24) is 15.3 Å². The summed E-state index contributed by atoms with van der Waals surface area (Å²) >= 11 is 0. The fraction of sp³-hybridized carbons (Fsp3) is 0.593. The molecule has 1 aromatic heterocycles. The van der Waals surface area contributed by atoms with E-state index in [-0.39, 0.29) is 30.3 Å². The van der Waals surface area contributed by atoms with Crippen LogP contribution in [0.3, 0.4) is 0 Å². The molecule has 1 aromatic carbocycles. The van der Waals surface area contributed by atoms with E-state index < -0.39 is 6.36 Å². The predicted molar refractivity (Wildman–Crippen MR) is 135 cm³/mol. The van der Waals surface area contributed by atoms with Crippen molar-refractivity contribution >= 4 is 11.8 Å². The van der Waals surface area contributed by atoms with Crippen LogP contribution in [0.5, 0.6) is 5.75 Å². The van der Waals surface area contributed by atoms with Gasteiger partial charge < -0.3 is 25.8 Å². The maximum atomic E-state index is 12.7. The van der Waals surface area contributed by atoms with Crippen LogP contribution < -0.4 is 20.7 Å². The van der Waals surface area contributed by atoms with Crippen molar-refractivity contribution in [2.45, 2.75) is 57.5 Å². The lowest BCUT2D eigenvalue weighted by atomic mass is 9.48. The number of anilines is 2. The van der Waals surface area contributed by atoms with Gasteiger partial charge in [-0.1, -0.05) is 18.2 Å². The van der Waals surface area contributed by atoms with E-state index in [1.165, 1.54) is 43.7 Å². The lowest BCUT2D eigenvalue weighted by Gasteiger charge is -2.60. The molecule has 204 valence electrons. The number of hydrogen-bond donors (Lipinski definition) is 4. The number of nitriles is 1. The highest BCUT2D eigenvalue weighted by molar-refractivity contribution is 5.53. The third-order valence-corrected chi connectivity index (χ3v) is 8.29. The first-order chi connectivity index (χ1) is 18.3. The molecule has 4 aliphatic carbocycles. The van der Waals surface area contributed by atoms with Gasteiger partial charge >= 0.3 is 6.36 Å². The van der Waals surface area contributed by atoms with Crippen molar-refractivity contribution in [3.8, 4) is 11.8 Å². The Hall–Kier alpha value is -3.10. The number of aliphatic hydroxyl groups is 1. The molecule has 0 radical (unpaired) electrons. The number of aliphatic hydroxyl groups excluding tert-OH is 1. The van der Waals surface area contributed by atoms with Gasteiger partial charge in [-0.05, 0) is 74.3 Å². The number of halogens is 3. The highest BCUT2D eigenvalue weighted by Crippen LogP contribution is 2.60. The first-order valence-electron chi connectivity index (χ1n) is 13.2. The van der Waals surface area contributed by atoms with Gasteiger partial charge in [0.05, 0.1) is 6.20 Å². The molecule has 5 atom stereocenters. The minimum absolute atomic E-state index is 0.0250. The fourth-order valence-electron chi connectivity index (χ4n) is 7.09. The standard InChI is InChI=1S/C27H33F3N6O2/c28-27(29,30)38-22-5-2-1-4-18(22)14-33-25-34-15-21(13-31)24(36-25)35-16-26-10-17-8-19(11-26)23(20(9-17)12-26)32-6-3-7-37/h1-2,4-5,15,17,19-20,23,32,37H,3,6-12,14,16H2,(H2,33,34,35,36)/t17?,19-,20+,23-,26+. The Morgan fingerprint density at radius 2 is 1.89 bits per heavy atom. The van der Waals surface area contributed by atoms with Gasteiger partial charge in [-0.25, -0.2) is 4.98 Å². The summed E-state index contributed by atoms with van der Waals surface area (Å²) in [6.45, 7) is 1.79. The van der Waals surface area contributed by atoms with E-state index in [1.807, 2.05) is 0 Å². The van der Waals surface area contributed by atoms with E-state index >= 15 is 0 Å². The van der Waals surface area contributed by atoms with Gasteiger partial charge in [0.25, 0.3) is 0 Å². The zero-order chi connectivity index (χ0) is 26.8. The summed E-state index contributed by atoms with van der Waals surface area (Å²) in [6.07, 6.45) is 3.33. The molecule has 4 N–H and O–H groups in total. The second-order valence-electron chi connectivity index (χ2n) is 11.0. The highest BCUT2D eigenvalue weighted by Gasteiger charge is 2.54. The highest BCUT2D eigenvalue weighted by atomic mass is 19.4. The first-order valence-corrected chi connectivity index (χ1v) is 13.2. The van der Waals surface area contributed by atoms with Crippen LogP contribution in [0, 0.1) is 34.5 Å². The molecule has 8 nitrogen and oxygen atoms in total. The molecule has 0 amide bonds. The number of nitrogens with zero attached hydrogens (tertiary/aromatic N) is 3. The van der Waals surface area contributed by atoms with Gasteiger partial charge in [-0.3, -0.25) is 0 Å². The number of benzene rings is 1. The second-order valence-corrected chi connectivity index (χ2v) is 11.0. The van der Waals surface area contributed by atoms with E-state index in [2.05, 4.69) is 36.7 Å². The Morgan fingerprint density at radius 3 is 2.61 bits per heavy atom. The van der Waals surface area contributed by atoms with Crippen LogP contribution in [0.2, 0.25) is 0 Å². The van der Waals surface area contributed by atoms with Crippen molar-refractivity contribution in [3.63, 3.8) is 0 Å². The number of aromatic nitrogens is 2. The Morgan fingerprint density at radius 1 is 1.13 bits per heavy atom. The topological polar surface area (TPSA) is 115 Å². The molecular formula is C27H33F3N6O2. The van der Waals surface area contributed by atoms with Crippen molar-refractivity contribution in [3.05, 3.63) is 41.6 Å². The van der Waals surface area contributed by atoms with Gasteiger partial charge in [0.15, 0.2) is 0 Å². The summed E-state index contributed by atoms with van der Waals surface area (Å²) < 4.78 is 42.4. The third kappa shape index (κ3) is 5.97. The van der Waals surface area contributed by atoms with Gasteiger partial charge in [0.1, 0.15) is 23.2 Å². The summed E-state index contributed by atoms with van der Waals surface area (Å²) in [5.41, 5.74) is 0.790. The van der Waals surface area contributed by atoms with Crippen LogP contribution >= 0.6 is 0 Å². The van der Waals surface area contributed by atoms with Gasteiger partial charge in [-0.15, -0.1) is 13.2 Å². The SMILES string of the molecule is N#Cc1cnc(NCc2ccccc2OC(F)(F)F)nc1NC[C@@]12CC3C[C@H](C1)[C@@H](NCCCO)[C@@H](C3)C2. The number of rotatable bonds is 11. The van der Waals surface area contributed by atoms with Crippen LogP contribution in [0.25, 0.3) is 0 Å².